The van der Waals surface area contributed by atoms with E-state index in [-0.39, 0.29) is 0 Å². The molecule has 0 fully saturated rings. The van der Waals surface area contributed by atoms with E-state index >= 15 is 0 Å². The van der Waals surface area contributed by atoms with Crippen LogP contribution in [0.15, 0.2) is 34.7 Å². The van der Waals surface area contributed by atoms with Gasteiger partial charge in [0.1, 0.15) is 18.1 Å². The first-order chi connectivity index (χ1) is 8.24. The lowest BCUT2D eigenvalue weighted by Crippen LogP contribution is -1.90. The molecule has 1 heterocycles. The van der Waals surface area contributed by atoms with E-state index in [0.717, 1.165) is 11.3 Å². The van der Waals surface area contributed by atoms with Gasteiger partial charge in [0.2, 0.25) is 0 Å². The molecular formula is C13H12N2O2. The van der Waals surface area contributed by atoms with Crippen LogP contribution in [0.3, 0.4) is 0 Å². The maximum Gasteiger partial charge on any atom is 0.136 e. The topological polar surface area (TPSA) is 72.2 Å². The van der Waals surface area contributed by atoms with Gasteiger partial charge in [-0.2, -0.15) is 5.26 Å². The van der Waals surface area contributed by atoms with Crippen molar-refractivity contribution in [2.75, 3.05) is 12.8 Å². The lowest BCUT2D eigenvalue weighted by molar-refractivity contribution is 0.165. The molecule has 0 aliphatic heterocycles. The number of furan rings is 1. The highest BCUT2D eigenvalue weighted by Gasteiger charge is 2.08. The Kier molecular flexibility index (Phi) is 3.12. The summed E-state index contributed by atoms with van der Waals surface area (Å²) in [6.45, 7) is 0.427. The standard InChI is InChI=1S/C13H12N2O2/c1-16-8-10-3-5-13(17-10)11-4-2-9(7-14)6-12(11)15/h2-6H,8,15H2,1H3. The zero-order valence-corrected chi connectivity index (χ0v) is 9.43. The van der Waals surface area contributed by atoms with Crippen molar-refractivity contribution in [3.63, 3.8) is 0 Å². The zero-order valence-electron chi connectivity index (χ0n) is 9.43. The number of methoxy groups -OCH3 is 1. The van der Waals surface area contributed by atoms with Crippen LogP contribution < -0.4 is 5.73 Å². The molecule has 0 bridgehead atoms. The van der Waals surface area contributed by atoms with Crippen molar-refractivity contribution in [3.05, 3.63) is 41.7 Å². The molecule has 0 aliphatic rings. The number of hydrogen-bond donors (Lipinski definition) is 1. The number of nitrogens with two attached hydrogens (primary N) is 1. The molecule has 4 nitrogen and oxygen atoms in total. The Morgan fingerprint density at radius 3 is 2.82 bits per heavy atom. The highest BCUT2D eigenvalue weighted by atomic mass is 16.5. The van der Waals surface area contributed by atoms with Crippen molar-refractivity contribution >= 4 is 5.69 Å². The SMILES string of the molecule is COCc1ccc(-c2ccc(C#N)cc2N)o1. The molecule has 0 unspecified atom stereocenters. The van der Waals surface area contributed by atoms with Crippen molar-refractivity contribution in [1.82, 2.24) is 0 Å². The molecular weight excluding hydrogens is 216 g/mol. The molecule has 2 N–H and O–H groups in total. The lowest BCUT2D eigenvalue weighted by Gasteiger charge is -2.02. The second-order valence-electron chi connectivity index (χ2n) is 3.61. The first-order valence-electron chi connectivity index (χ1n) is 5.12. The Labute approximate surface area is 99.2 Å². The van der Waals surface area contributed by atoms with Gasteiger partial charge < -0.3 is 14.9 Å². The second-order valence-corrected chi connectivity index (χ2v) is 3.61. The van der Waals surface area contributed by atoms with Gasteiger partial charge in [0, 0.05) is 18.4 Å². The maximum atomic E-state index is 8.75. The third kappa shape index (κ3) is 2.30. The Morgan fingerprint density at radius 2 is 2.18 bits per heavy atom. The van der Waals surface area contributed by atoms with Gasteiger partial charge in [-0.3, -0.25) is 0 Å². The summed E-state index contributed by atoms with van der Waals surface area (Å²) in [5, 5.41) is 8.75. The van der Waals surface area contributed by atoms with E-state index in [4.69, 9.17) is 20.1 Å². The van der Waals surface area contributed by atoms with Crippen LogP contribution in [0.4, 0.5) is 5.69 Å². The fraction of sp³-hybridized carbons (Fsp3) is 0.154. The summed E-state index contributed by atoms with van der Waals surface area (Å²) in [7, 11) is 1.61. The van der Waals surface area contributed by atoms with Crippen LogP contribution in [0.1, 0.15) is 11.3 Å². The molecule has 2 rings (SSSR count). The van der Waals surface area contributed by atoms with Crippen LogP contribution in [0.25, 0.3) is 11.3 Å². The van der Waals surface area contributed by atoms with E-state index in [0.29, 0.717) is 23.6 Å². The van der Waals surface area contributed by atoms with E-state index in [1.165, 1.54) is 0 Å². The van der Waals surface area contributed by atoms with Gasteiger partial charge >= 0.3 is 0 Å². The first-order valence-corrected chi connectivity index (χ1v) is 5.12. The third-order valence-electron chi connectivity index (χ3n) is 2.39. The number of rotatable bonds is 3. The number of ether oxygens (including phenoxy) is 1. The van der Waals surface area contributed by atoms with Gasteiger partial charge in [-0.1, -0.05) is 0 Å². The highest BCUT2D eigenvalue weighted by molar-refractivity contribution is 5.74. The van der Waals surface area contributed by atoms with Crippen LogP contribution >= 0.6 is 0 Å². The molecule has 1 aromatic heterocycles. The predicted molar refractivity (Wildman–Crippen MR) is 64.0 cm³/mol. The summed E-state index contributed by atoms with van der Waals surface area (Å²) in [4.78, 5) is 0. The summed E-state index contributed by atoms with van der Waals surface area (Å²) < 4.78 is 10.6. The molecule has 0 radical (unpaired) electrons. The monoisotopic (exact) mass is 228 g/mol. The van der Waals surface area contributed by atoms with Crippen molar-refractivity contribution in [1.29, 1.82) is 5.26 Å². The van der Waals surface area contributed by atoms with Crippen molar-refractivity contribution in [2.24, 2.45) is 0 Å². The smallest absolute Gasteiger partial charge is 0.136 e. The van der Waals surface area contributed by atoms with E-state index in [1.54, 1.807) is 25.3 Å². The number of nitriles is 1. The molecule has 0 spiro atoms. The van der Waals surface area contributed by atoms with Crippen LogP contribution in [0, 0.1) is 11.3 Å². The quantitative estimate of drug-likeness (QED) is 0.819. The van der Waals surface area contributed by atoms with E-state index in [2.05, 4.69) is 0 Å². The van der Waals surface area contributed by atoms with Gasteiger partial charge in [-0.05, 0) is 30.3 Å². The van der Waals surface area contributed by atoms with Gasteiger partial charge in [-0.25, -0.2) is 0 Å². The van der Waals surface area contributed by atoms with Gasteiger partial charge in [0.05, 0.1) is 11.6 Å². The largest absolute Gasteiger partial charge is 0.459 e. The number of nitrogens with zero attached hydrogens (tertiary/aromatic N) is 1. The molecule has 0 atom stereocenters. The molecule has 4 heteroatoms. The summed E-state index contributed by atoms with van der Waals surface area (Å²) in [6, 6.07) is 10.9. The average molecular weight is 228 g/mol. The van der Waals surface area contributed by atoms with Gasteiger partial charge in [0.25, 0.3) is 0 Å². The number of nitrogen functional groups attached to an aromatic ring is 1. The molecule has 0 amide bonds. The minimum atomic E-state index is 0.427. The zero-order chi connectivity index (χ0) is 12.3. The van der Waals surface area contributed by atoms with Crippen molar-refractivity contribution in [2.45, 2.75) is 6.61 Å². The van der Waals surface area contributed by atoms with Gasteiger partial charge in [0.15, 0.2) is 0 Å². The minimum Gasteiger partial charge on any atom is -0.459 e. The lowest BCUT2D eigenvalue weighted by atomic mass is 10.1. The van der Waals surface area contributed by atoms with E-state index in [1.807, 2.05) is 18.2 Å². The van der Waals surface area contributed by atoms with Crippen LogP contribution in [0.2, 0.25) is 0 Å². The van der Waals surface area contributed by atoms with Gasteiger partial charge in [-0.15, -0.1) is 0 Å². The molecule has 0 saturated carbocycles. The van der Waals surface area contributed by atoms with Crippen molar-refractivity contribution < 1.29 is 9.15 Å². The summed E-state index contributed by atoms with van der Waals surface area (Å²) >= 11 is 0. The second kappa shape index (κ2) is 4.73. The van der Waals surface area contributed by atoms with E-state index in [9.17, 15) is 0 Å². The van der Waals surface area contributed by atoms with Crippen molar-refractivity contribution in [3.8, 4) is 17.4 Å². The Bertz CT molecular complexity index is 567. The Morgan fingerprint density at radius 1 is 1.35 bits per heavy atom. The Balaban J connectivity index is 2.36. The highest BCUT2D eigenvalue weighted by Crippen LogP contribution is 2.28. The normalized spacial score (nSPS) is 10.1. The maximum absolute atomic E-state index is 8.75. The molecule has 86 valence electrons. The van der Waals surface area contributed by atoms with Crippen LogP contribution in [-0.2, 0) is 11.3 Å². The minimum absolute atomic E-state index is 0.427. The molecule has 0 aliphatic carbocycles. The first kappa shape index (κ1) is 11.2. The number of benzene rings is 1. The summed E-state index contributed by atoms with van der Waals surface area (Å²) in [6.07, 6.45) is 0. The molecule has 1 aromatic carbocycles. The molecule has 2 aromatic rings. The van der Waals surface area contributed by atoms with Crippen LogP contribution in [0.5, 0.6) is 0 Å². The molecule has 17 heavy (non-hydrogen) atoms. The number of hydrogen-bond acceptors (Lipinski definition) is 4. The fourth-order valence-electron chi connectivity index (χ4n) is 1.60. The number of anilines is 1. The fourth-order valence-corrected chi connectivity index (χ4v) is 1.60. The summed E-state index contributed by atoms with van der Waals surface area (Å²) in [5.41, 5.74) is 7.72. The third-order valence-corrected chi connectivity index (χ3v) is 2.39. The predicted octanol–water partition coefficient (Wildman–Crippen LogP) is 2.55. The average Bonchev–Trinajstić information content (AvgIpc) is 2.78. The van der Waals surface area contributed by atoms with Crippen LogP contribution in [-0.4, -0.2) is 7.11 Å². The van der Waals surface area contributed by atoms with E-state index < -0.39 is 0 Å². The Hall–Kier alpha value is -2.25. The molecule has 0 saturated heterocycles. The summed E-state index contributed by atoms with van der Waals surface area (Å²) in [5.74, 6) is 1.42.